The van der Waals surface area contributed by atoms with E-state index in [2.05, 4.69) is 20.1 Å². The van der Waals surface area contributed by atoms with Gasteiger partial charge in [-0.1, -0.05) is 31.9 Å². The molecule has 1 unspecified atom stereocenters. The van der Waals surface area contributed by atoms with Gasteiger partial charge in [0.2, 0.25) is 0 Å². The maximum atomic E-state index is 5.82. The zero-order chi connectivity index (χ0) is 11.1. The van der Waals surface area contributed by atoms with Gasteiger partial charge in [0, 0.05) is 0 Å². The fourth-order valence-electron chi connectivity index (χ4n) is 2.06. The third-order valence-electron chi connectivity index (χ3n) is 2.88. The molecule has 1 aliphatic rings. The van der Waals surface area contributed by atoms with E-state index >= 15 is 0 Å². The Morgan fingerprint density at radius 3 is 2.67 bits per heavy atom. The molecule has 0 bridgehead atoms. The molecule has 0 saturated carbocycles. The van der Waals surface area contributed by atoms with Gasteiger partial charge in [-0.05, 0) is 30.4 Å². The lowest BCUT2D eigenvalue weighted by atomic mass is 9.97. The number of unbranched alkanes of at least 4 members (excludes halogenated alkanes) is 1. The Kier molecular flexibility index (Phi) is 5.41. The first kappa shape index (κ1) is 12.3. The zero-order valence-corrected chi connectivity index (χ0v) is 9.80. The molecule has 1 atom stereocenters. The van der Waals surface area contributed by atoms with Gasteiger partial charge in [-0.25, -0.2) is 0 Å². The molecule has 1 heterocycles. The molecular formula is C14H22O. The lowest BCUT2D eigenvalue weighted by Gasteiger charge is -2.13. The van der Waals surface area contributed by atoms with Gasteiger partial charge in [0.25, 0.3) is 0 Å². The lowest BCUT2D eigenvalue weighted by molar-refractivity contribution is 0.110. The smallest absolute Gasteiger partial charge is 0.0796 e. The van der Waals surface area contributed by atoms with Crippen LogP contribution in [0.1, 0.15) is 39.0 Å². The Bertz CT molecular complexity index is 250. The molecule has 1 nitrogen and oxygen atoms in total. The number of hydrogen-bond acceptors (Lipinski definition) is 1. The number of rotatable bonds is 7. The molecule has 0 aromatic rings. The summed E-state index contributed by atoms with van der Waals surface area (Å²) in [5, 5.41) is 0. The predicted octanol–water partition coefficient (Wildman–Crippen LogP) is 4.02. The summed E-state index contributed by atoms with van der Waals surface area (Å²) in [5.41, 5.74) is 2.88. The third kappa shape index (κ3) is 3.35. The largest absolute Gasteiger partial charge is 0.369 e. The Hall–Kier alpha value is -0.820. The Morgan fingerprint density at radius 2 is 2.07 bits per heavy atom. The van der Waals surface area contributed by atoms with Crippen molar-refractivity contribution in [3.63, 3.8) is 0 Å². The summed E-state index contributed by atoms with van der Waals surface area (Å²) in [7, 11) is 0. The monoisotopic (exact) mass is 206 g/mol. The second-order valence-corrected chi connectivity index (χ2v) is 4.06. The third-order valence-corrected chi connectivity index (χ3v) is 2.88. The van der Waals surface area contributed by atoms with Gasteiger partial charge in [0.1, 0.15) is 0 Å². The highest BCUT2D eigenvalue weighted by atomic mass is 16.5. The quantitative estimate of drug-likeness (QED) is 0.572. The van der Waals surface area contributed by atoms with Gasteiger partial charge >= 0.3 is 0 Å². The van der Waals surface area contributed by atoms with Crippen molar-refractivity contribution in [1.82, 2.24) is 0 Å². The van der Waals surface area contributed by atoms with E-state index in [0.29, 0.717) is 6.10 Å². The molecule has 0 amide bonds. The van der Waals surface area contributed by atoms with Crippen LogP contribution in [0.3, 0.4) is 0 Å². The minimum atomic E-state index is 0.345. The van der Waals surface area contributed by atoms with E-state index in [-0.39, 0.29) is 0 Å². The maximum absolute atomic E-state index is 5.82. The summed E-state index contributed by atoms with van der Waals surface area (Å²) in [6.07, 6.45) is 9.85. The molecule has 0 aliphatic carbocycles. The SMILES string of the molecule is C=CCC1=C(CC=C)C(CCCC)OC1. The number of hydrogen-bond donors (Lipinski definition) is 0. The van der Waals surface area contributed by atoms with E-state index < -0.39 is 0 Å². The Labute approximate surface area is 93.5 Å². The molecule has 0 saturated heterocycles. The second-order valence-electron chi connectivity index (χ2n) is 4.06. The predicted molar refractivity (Wildman–Crippen MR) is 65.9 cm³/mol. The van der Waals surface area contributed by atoms with Crippen molar-refractivity contribution in [3.8, 4) is 0 Å². The van der Waals surface area contributed by atoms with Crippen LogP contribution in [-0.2, 0) is 4.74 Å². The van der Waals surface area contributed by atoms with Crippen molar-refractivity contribution >= 4 is 0 Å². The molecule has 1 aliphatic heterocycles. The topological polar surface area (TPSA) is 9.23 Å². The molecular weight excluding hydrogens is 184 g/mol. The summed E-state index contributed by atoms with van der Waals surface area (Å²) in [5.74, 6) is 0. The zero-order valence-electron chi connectivity index (χ0n) is 9.80. The minimum absolute atomic E-state index is 0.345. The first-order valence-electron chi connectivity index (χ1n) is 5.87. The average Bonchev–Trinajstić information content (AvgIpc) is 2.60. The van der Waals surface area contributed by atoms with Crippen LogP contribution in [0.2, 0.25) is 0 Å². The van der Waals surface area contributed by atoms with E-state index in [4.69, 9.17) is 4.74 Å². The van der Waals surface area contributed by atoms with E-state index in [0.717, 1.165) is 25.9 Å². The van der Waals surface area contributed by atoms with Crippen molar-refractivity contribution in [1.29, 1.82) is 0 Å². The standard InChI is InChI=1S/C14H22O/c1-4-7-10-14-13(9-6-3)12(8-5-2)11-15-14/h5-6,14H,2-4,7-11H2,1H3. The van der Waals surface area contributed by atoms with Crippen LogP contribution in [0.15, 0.2) is 36.5 Å². The second kappa shape index (κ2) is 6.62. The molecule has 84 valence electrons. The fourth-order valence-corrected chi connectivity index (χ4v) is 2.06. The summed E-state index contributed by atoms with van der Waals surface area (Å²) in [6.45, 7) is 10.6. The first-order valence-corrected chi connectivity index (χ1v) is 5.87. The number of allylic oxidation sites excluding steroid dienone is 2. The van der Waals surface area contributed by atoms with Crippen LogP contribution in [-0.4, -0.2) is 12.7 Å². The molecule has 0 aromatic heterocycles. The average molecular weight is 206 g/mol. The van der Waals surface area contributed by atoms with E-state index in [1.54, 1.807) is 0 Å². The summed E-state index contributed by atoms with van der Waals surface area (Å²) >= 11 is 0. The first-order chi connectivity index (χ1) is 7.33. The van der Waals surface area contributed by atoms with Crippen LogP contribution < -0.4 is 0 Å². The lowest BCUT2D eigenvalue weighted by Crippen LogP contribution is -2.09. The van der Waals surface area contributed by atoms with Crippen molar-refractivity contribution in [2.75, 3.05) is 6.61 Å². The molecule has 0 N–H and O–H groups in total. The van der Waals surface area contributed by atoms with E-state index in [1.807, 2.05) is 12.2 Å². The van der Waals surface area contributed by atoms with Gasteiger partial charge in [-0.2, -0.15) is 0 Å². The minimum Gasteiger partial charge on any atom is -0.369 e. The molecule has 15 heavy (non-hydrogen) atoms. The van der Waals surface area contributed by atoms with Crippen LogP contribution in [0, 0.1) is 0 Å². The fraction of sp³-hybridized carbons (Fsp3) is 0.571. The number of ether oxygens (including phenoxy) is 1. The molecule has 1 heteroatoms. The Morgan fingerprint density at radius 1 is 1.33 bits per heavy atom. The summed E-state index contributed by atoms with van der Waals surface area (Å²) in [4.78, 5) is 0. The van der Waals surface area contributed by atoms with Crippen LogP contribution >= 0.6 is 0 Å². The van der Waals surface area contributed by atoms with Gasteiger partial charge in [-0.3, -0.25) is 0 Å². The molecule has 0 aromatic carbocycles. The highest BCUT2D eigenvalue weighted by Gasteiger charge is 2.23. The van der Waals surface area contributed by atoms with Crippen LogP contribution in [0.25, 0.3) is 0 Å². The van der Waals surface area contributed by atoms with Crippen molar-refractivity contribution < 1.29 is 4.74 Å². The van der Waals surface area contributed by atoms with Gasteiger partial charge in [0.05, 0.1) is 12.7 Å². The van der Waals surface area contributed by atoms with Crippen molar-refractivity contribution in [2.24, 2.45) is 0 Å². The molecule has 1 rings (SSSR count). The maximum Gasteiger partial charge on any atom is 0.0796 e. The van der Waals surface area contributed by atoms with E-state index in [1.165, 1.54) is 24.0 Å². The molecule has 0 radical (unpaired) electrons. The van der Waals surface area contributed by atoms with Gasteiger partial charge < -0.3 is 4.74 Å². The normalized spacial score (nSPS) is 20.7. The van der Waals surface area contributed by atoms with Crippen molar-refractivity contribution in [2.45, 2.75) is 45.1 Å². The highest BCUT2D eigenvalue weighted by Crippen LogP contribution is 2.29. The van der Waals surface area contributed by atoms with E-state index in [9.17, 15) is 0 Å². The van der Waals surface area contributed by atoms with Crippen molar-refractivity contribution in [3.05, 3.63) is 36.5 Å². The van der Waals surface area contributed by atoms with Gasteiger partial charge in [0.15, 0.2) is 0 Å². The summed E-state index contributed by atoms with van der Waals surface area (Å²) in [6, 6.07) is 0. The Balaban J connectivity index is 2.65. The molecule has 0 fully saturated rings. The summed E-state index contributed by atoms with van der Waals surface area (Å²) < 4.78 is 5.82. The van der Waals surface area contributed by atoms with Crippen LogP contribution in [0.5, 0.6) is 0 Å². The van der Waals surface area contributed by atoms with Crippen LogP contribution in [0.4, 0.5) is 0 Å². The van der Waals surface area contributed by atoms with Gasteiger partial charge in [-0.15, -0.1) is 13.2 Å². The molecule has 0 spiro atoms. The highest BCUT2D eigenvalue weighted by molar-refractivity contribution is 5.26.